The highest BCUT2D eigenvalue weighted by atomic mass is 32.2. The third kappa shape index (κ3) is 0.672. The van der Waals surface area contributed by atoms with E-state index in [0.717, 1.165) is 6.20 Å². The number of aliphatic imine (C=N–C) groups is 1. The predicted octanol–water partition coefficient (Wildman–Crippen LogP) is -1.51. The first-order chi connectivity index (χ1) is 4.05. The summed E-state index contributed by atoms with van der Waals surface area (Å²) >= 11 is 0. The Morgan fingerprint density at radius 3 is 2.11 bits per heavy atom. The van der Waals surface area contributed by atoms with E-state index in [1.807, 2.05) is 0 Å². The number of sulfone groups is 1. The lowest BCUT2D eigenvalue weighted by molar-refractivity contribution is 0.612. The van der Waals surface area contributed by atoms with Crippen LogP contribution in [-0.2, 0) is 9.84 Å². The summed E-state index contributed by atoms with van der Waals surface area (Å²) in [6.45, 7) is 0. The van der Waals surface area contributed by atoms with E-state index >= 15 is 0 Å². The number of nitrogens with zero attached hydrogens (tertiary/aromatic N) is 1. The first-order valence-corrected chi connectivity index (χ1v) is 3.57. The van der Waals surface area contributed by atoms with E-state index in [9.17, 15) is 8.42 Å². The largest absolute Gasteiger partial charge is 0.388 e. The molecule has 50 valence electrons. The number of hydrogen-bond acceptors (Lipinski definition) is 5. The second kappa shape index (κ2) is 1.47. The molecule has 0 aromatic carbocycles. The summed E-state index contributed by atoms with van der Waals surface area (Å²) in [5, 5.41) is -0.722. The van der Waals surface area contributed by atoms with E-state index in [1.165, 1.54) is 0 Å². The Morgan fingerprint density at radius 2 is 2.00 bits per heavy atom. The number of hydrogen-bond donors (Lipinski definition) is 2. The van der Waals surface area contributed by atoms with Crippen molar-refractivity contribution in [1.29, 1.82) is 0 Å². The van der Waals surface area contributed by atoms with E-state index in [-0.39, 0.29) is 5.03 Å². The monoisotopic (exact) mass is 147 g/mol. The highest BCUT2D eigenvalue weighted by molar-refractivity contribution is 8.09. The first-order valence-electron chi connectivity index (χ1n) is 2.09. The Morgan fingerprint density at radius 1 is 1.44 bits per heavy atom. The molecule has 1 aliphatic rings. The SMILES string of the molecule is NC1=CN=C(N)S1(=O)=O. The second-order valence-corrected chi connectivity index (χ2v) is 3.40. The van der Waals surface area contributed by atoms with Gasteiger partial charge in [0.2, 0.25) is 5.17 Å². The Bertz CT molecular complexity index is 262. The number of nitrogens with two attached hydrogens (primary N) is 2. The van der Waals surface area contributed by atoms with Gasteiger partial charge < -0.3 is 11.5 Å². The van der Waals surface area contributed by atoms with Crippen LogP contribution in [0.3, 0.4) is 0 Å². The molecule has 0 unspecified atom stereocenters. The normalized spacial score (nSPS) is 23.1. The topological polar surface area (TPSA) is 98.5 Å². The van der Waals surface area contributed by atoms with Crippen LogP contribution in [0, 0.1) is 0 Å². The average molecular weight is 147 g/mol. The summed E-state index contributed by atoms with van der Waals surface area (Å²) in [5.74, 6) is 0. The molecule has 0 aliphatic carbocycles. The molecule has 1 heterocycles. The molecule has 4 N–H and O–H groups in total. The van der Waals surface area contributed by atoms with Gasteiger partial charge in [0, 0.05) is 0 Å². The lowest BCUT2D eigenvalue weighted by Gasteiger charge is -1.91. The molecular formula is C3H5N3O2S. The second-order valence-electron chi connectivity index (χ2n) is 1.50. The molecule has 0 spiro atoms. The van der Waals surface area contributed by atoms with Gasteiger partial charge >= 0.3 is 0 Å². The average Bonchev–Trinajstić information content (AvgIpc) is 1.96. The molecule has 1 aliphatic heterocycles. The maximum absolute atomic E-state index is 10.6. The van der Waals surface area contributed by atoms with Crippen LogP contribution < -0.4 is 11.5 Å². The van der Waals surface area contributed by atoms with Crippen LogP contribution in [0.2, 0.25) is 0 Å². The fourth-order valence-electron chi connectivity index (χ4n) is 0.387. The van der Waals surface area contributed by atoms with Gasteiger partial charge in [-0.25, -0.2) is 13.4 Å². The summed E-state index contributed by atoms with van der Waals surface area (Å²) in [6, 6.07) is 0. The van der Waals surface area contributed by atoms with Crippen LogP contribution in [0.4, 0.5) is 0 Å². The summed E-state index contributed by atoms with van der Waals surface area (Å²) in [5.41, 5.74) is 9.91. The van der Waals surface area contributed by atoms with E-state index in [2.05, 4.69) is 4.99 Å². The van der Waals surface area contributed by atoms with Gasteiger partial charge in [0.25, 0.3) is 9.84 Å². The first kappa shape index (κ1) is 6.09. The highest BCUT2D eigenvalue weighted by Gasteiger charge is 2.23. The van der Waals surface area contributed by atoms with Crippen molar-refractivity contribution in [3.63, 3.8) is 0 Å². The fourth-order valence-corrected chi connectivity index (χ4v) is 1.01. The molecule has 0 saturated carbocycles. The lowest BCUT2D eigenvalue weighted by atomic mass is 10.9. The van der Waals surface area contributed by atoms with Crippen molar-refractivity contribution in [2.75, 3.05) is 0 Å². The van der Waals surface area contributed by atoms with Gasteiger partial charge in [0.05, 0.1) is 6.20 Å². The molecule has 0 amide bonds. The molecule has 0 saturated heterocycles. The number of rotatable bonds is 0. The zero-order valence-electron chi connectivity index (χ0n) is 4.40. The van der Waals surface area contributed by atoms with Crippen molar-refractivity contribution in [2.24, 2.45) is 16.5 Å². The van der Waals surface area contributed by atoms with Crippen LogP contribution in [0.5, 0.6) is 0 Å². The smallest absolute Gasteiger partial charge is 0.255 e. The maximum atomic E-state index is 10.6. The predicted molar refractivity (Wildman–Crippen MR) is 32.8 cm³/mol. The maximum Gasteiger partial charge on any atom is 0.255 e. The molecule has 9 heavy (non-hydrogen) atoms. The molecular weight excluding hydrogens is 142 g/mol. The molecule has 0 aromatic heterocycles. The van der Waals surface area contributed by atoms with Gasteiger partial charge in [-0.2, -0.15) is 0 Å². The third-order valence-corrected chi connectivity index (χ3v) is 2.29. The lowest BCUT2D eigenvalue weighted by Crippen LogP contribution is -2.24. The summed E-state index contributed by atoms with van der Waals surface area (Å²) < 4.78 is 21.3. The highest BCUT2D eigenvalue weighted by Crippen LogP contribution is 2.07. The van der Waals surface area contributed by atoms with Crippen LogP contribution in [-0.4, -0.2) is 13.6 Å². The van der Waals surface area contributed by atoms with Gasteiger partial charge in [0.15, 0.2) is 5.03 Å². The molecule has 0 fully saturated rings. The van der Waals surface area contributed by atoms with E-state index in [0.29, 0.717) is 0 Å². The minimum Gasteiger partial charge on any atom is -0.388 e. The standard InChI is InChI=1S/C3H5N3O2S/c4-2-1-6-3(5)9(2,7)8/h1H,4H2,(H2,5,6). The van der Waals surface area contributed by atoms with Crippen molar-refractivity contribution in [2.45, 2.75) is 0 Å². The number of amidine groups is 1. The van der Waals surface area contributed by atoms with E-state index in [4.69, 9.17) is 11.5 Å². The van der Waals surface area contributed by atoms with Gasteiger partial charge in [-0.15, -0.1) is 0 Å². The zero-order valence-corrected chi connectivity index (χ0v) is 5.22. The molecule has 0 atom stereocenters. The third-order valence-electron chi connectivity index (χ3n) is 0.905. The van der Waals surface area contributed by atoms with E-state index in [1.54, 1.807) is 0 Å². The van der Waals surface area contributed by atoms with Crippen molar-refractivity contribution in [1.82, 2.24) is 0 Å². The van der Waals surface area contributed by atoms with Crippen LogP contribution in [0.1, 0.15) is 0 Å². The minimum absolute atomic E-state index is 0.292. The van der Waals surface area contributed by atoms with Crippen molar-refractivity contribution in [3.05, 3.63) is 11.2 Å². The van der Waals surface area contributed by atoms with Gasteiger partial charge in [0.1, 0.15) is 0 Å². The molecule has 0 bridgehead atoms. The quantitative estimate of drug-likeness (QED) is 0.435. The van der Waals surface area contributed by atoms with Gasteiger partial charge in [-0.1, -0.05) is 0 Å². The van der Waals surface area contributed by atoms with E-state index < -0.39 is 15.0 Å². The van der Waals surface area contributed by atoms with Gasteiger partial charge in [-0.3, -0.25) is 0 Å². The Kier molecular flexibility index (Phi) is 0.995. The van der Waals surface area contributed by atoms with Crippen LogP contribution in [0.15, 0.2) is 16.2 Å². The van der Waals surface area contributed by atoms with Crippen LogP contribution in [0.25, 0.3) is 0 Å². The Hall–Kier alpha value is -1.04. The van der Waals surface area contributed by atoms with Crippen molar-refractivity contribution < 1.29 is 8.42 Å². The molecule has 6 heteroatoms. The van der Waals surface area contributed by atoms with Gasteiger partial charge in [-0.05, 0) is 0 Å². The Labute approximate surface area is 52.0 Å². The minimum atomic E-state index is -3.54. The molecule has 0 radical (unpaired) electrons. The van der Waals surface area contributed by atoms with Crippen molar-refractivity contribution in [3.8, 4) is 0 Å². The Balaban J connectivity index is 3.29. The van der Waals surface area contributed by atoms with Crippen molar-refractivity contribution >= 4 is 15.0 Å². The summed E-state index contributed by atoms with van der Waals surface area (Å²) in [4.78, 5) is 3.29. The molecule has 5 nitrogen and oxygen atoms in total. The molecule has 1 rings (SSSR count). The zero-order chi connectivity index (χ0) is 7.07. The fraction of sp³-hybridized carbons (Fsp3) is 0. The van der Waals surface area contributed by atoms with Crippen LogP contribution >= 0.6 is 0 Å². The molecule has 0 aromatic rings. The summed E-state index contributed by atoms with van der Waals surface area (Å²) in [7, 11) is -3.54. The summed E-state index contributed by atoms with van der Waals surface area (Å²) in [6.07, 6.45) is 1.02.